The number of carbonyl (C=O) groups is 1. The molecule has 5 heteroatoms. The minimum atomic E-state index is -0.0691. The van der Waals surface area contributed by atoms with Crippen LogP contribution in [0.2, 0.25) is 0 Å². The quantitative estimate of drug-likeness (QED) is 0.821. The standard InChI is InChI=1S/C20H26N2O2S/c1-15-6-5-7-19(16(15)2)24-13-20(23)21-12-18(17-8-11-25-14-17)22-9-3-4-10-22/h5-8,11,14,18H,3-4,9-10,12-13H2,1-2H3,(H,21,23). The van der Waals surface area contributed by atoms with Gasteiger partial charge in [-0.15, -0.1) is 0 Å². The summed E-state index contributed by atoms with van der Waals surface area (Å²) in [6.07, 6.45) is 2.48. The van der Waals surface area contributed by atoms with Crippen LogP contribution in [0.25, 0.3) is 0 Å². The molecule has 0 bridgehead atoms. The van der Waals surface area contributed by atoms with Crippen LogP contribution >= 0.6 is 11.3 Å². The molecule has 1 aliphatic rings. The fourth-order valence-electron chi connectivity index (χ4n) is 3.26. The third-order valence-corrected chi connectivity index (χ3v) is 5.62. The average Bonchev–Trinajstić information content (AvgIpc) is 3.30. The Balaban J connectivity index is 1.54. The molecule has 1 aromatic heterocycles. The van der Waals surface area contributed by atoms with Crippen molar-refractivity contribution in [1.82, 2.24) is 10.2 Å². The number of likely N-dealkylation sites (tertiary alicyclic amines) is 1. The molecule has 0 spiro atoms. The highest BCUT2D eigenvalue weighted by atomic mass is 32.1. The molecule has 0 saturated carbocycles. The zero-order valence-corrected chi connectivity index (χ0v) is 15.8. The van der Waals surface area contributed by atoms with E-state index in [1.807, 2.05) is 32.0 Å². The van der Waals surface area contributed by atoms with E-state index >= 15 is 0 Å². The number of rotatable bonds is 7. The van der Waals surface area contributed by atoms with Gasteiger partial charge in [-0.3, -0.25) is 9.69 Å². The van der Waals surface area contributed by atoms with Crippen LogP contribution in [-0.4, -0.2) is 37.0 Å². The molecule has 1 fully saturated rings. The van der Waals surface area contributed by atoms with Gasteiger partial charge in [-0.25, -0.2) is 0 Å². The summed E-state index contributed by atoms with van der Waals surface area (Å²) in [5.74, 6) is 0.712. The molecule has 25 heavy (non-hydrogen) atoms. The fourth-order valence-corrected chi connectivity index (χ4v) is 3.97. The zero-order valence-electron chi connectivity index (χ0n) is 15.0. The van der Waals surface area contributed by atoms with Crippen molar-refractivity contribution in [3.05, 3.63) is 51.7 Å². The van der Waals surface area contributed by atoms with Gasteiger partial charge in [-0.1, -0.05) is 12.1 Å². The number of hydrogen-bond acceptors (Lipinski definition) is 4. The molecule has 134 valence electrons. The van der Waals surface area contributed by atoms with Crippen molar-refractivity contribution >= 4 is 17.2 Å². The molecule has 1 N–H and O–H groups in total. The van der Waals surface area contributed by atoms with Gasteiger partial charge in [-0.05, 0) is 79.4 Å². The first-order valence-corrected chi connectivity index (χ1v) is 9.81. The number of nitrogens with zero attached hydrogens (tertiary/aromatic N) is 1. The smallest absolute Gasteiger partial charge is 0.258 e. The molecular weight excluding hydrogens is 332 g/mol. The molecule has 1 amide bonds. The summed E-state index contributed by atoms with van der Waals surface area (Å²) in [7, 11) is 0. The van der Waals surface area contributed by atoms with E-state index in [0.717, 1.165) is 24.4 Å². The molecule has 3 rings (SSSR count). The lowest BCUT2D eigenvalue weighted by atomic mass is 10.1. The molecule has 0 aliphatic carbocycles. The van der Waals surface area contributed by atoms with Crippen molar-refractivity contribution in [2.75, 3.05) is 26.2 Å². The van der Waals surface area contributed by atoms with Gasteiger partial charge in [0.2, 0.25) is 0 Å². The Morgan fingerprint density at radius 2 is 2.08 bits per heavy atom. The van der Waals surface area contributed by atoms with Gasteiger partial charge >= 0.3 is 0 Å². The summed E-state index contributed by atoms with van der Waals surface area (Å²) in [4.78, 5) is 14.7. The maximum atomic E-state index is 12.2. The van der Waals surface area contributed by atoms with E-state index in [1.54, 1.807) is 11.3 Å². The molecule has 2 aromatic rings. The molecule has 1 aromatic carbocycles. The molecule has 1 saturated heterocycles. The van der Waals surface area contributed by atoms with Crippen LogP contribution in [-0.2, 0) is 4.79 Å². The summed E-state index contributed by atoms with van der Waals surface area (Å²) in [6.45, 7) is 6.96. The Hall–Kier alpha value is -1.85. The predicted octanol–water partition coefficient (Wildman–Crippen LogP) is 3.70. The van der Waals surface area contributed by atoms with Crippen molar-refractivity contribution in [3.8, 4) is 5.75 Å². The van der Waals surface area contributed by atoms with Crippen LogP contribution in [0.15, 0.2) is 35.0 Å². The lowest BCUT2D eigenvalue weighted by molar-refractivity contribution is -0.123. The van der Waals surface area contributed by atoms with Crippen LogP contribution in [0.1, 0.15) is 35.6 Å². The second-order valence-electron chi connectivity index (χ2n) is 6.61. The second kappa shape index (κ2) is 8.50. The van der Waals surface area contributed by atoms with E-state index in [9.17, 15) is 4.79 Å². The van der Waals surface area contributed by atoms with Gasteiger partial charge < -0.3 is 10.1 Å². The van der Waals surface area contributed by atoms with E-state index in [1.165, 1.54) is 24.0 Å². The molecule has 0 radical (unpaired) electrons. The zero-order chi connectivity index (χ0) is 17.6. The van der Waals surface area contributed by atoms with E-state index in [0.29, 0.717) is 6.54 Å². The van der Waals surface area contributed by atoms with Crippen LogP contribution in [0.5, 0.6) is 5.75 Å². The Labute approximate surface area is 153 Å². The summed E-state index contributed by atoms with van der Waals surface area (Å²) >= 11 is 1.71. The second-order valence-corrected chi connectivity index (χ2v) is 7.39. The Morgan fingerprint density at radius 3 is 2.80 bits per heavy atom. The number of benzene rings is 1. The topological polar surface area (TPSA) is 41.6 Å². The number of ether oxygens (including phenoxy) is 1. The number of amides is 1. The first kappa shape index (κ1) is 18.0. The largest absolute Gasteiger partial charge is 0.483 e. The van der Waals surface area contributed by atoms with E-state index < -0.39 is 0 Å². The Bertz CT molecular complexity index is 694. The molecule has 1 unspecified atom stereocenters. The maximum absolute atomic E-state index is 12.2. The summed E-state index contributed by atoms with van der Waals surface area (Å²) in [6, 6.07) is 8.33. The first-order valence-electron chi connectivity index (χ1n) is 8.87. The predicted molar refractivity (Wildman–Crippen MR) is 102 cm³/mol. The maximum Gasteiger partial charge on any atom is 0.258 e. The Morgan fingerprint density at radius 1 is 1.28 bits per heavy atom. The van der Waals surface area contributed by atoms with Crippen LogP contribution in [0, 0.1) is 13.8 Å². The summed E-state index contributed by atoms with van der Waals surface area (Å²) in [5.41, 5.74) is 3.55. The average molecular weight is 359 g/mol. The number of hydrogen-bond donors (Lipinski definition) is 1. The first-order chi connectivity index (χ1) is 12.1. The van der Waals surface area contributed by atoms with Gasteiger partial charge in [0, 0.05) is 6.54 Å². The highest BCUT2D eigenvalue weighted by Crippen LogP contribution is 2.26. The van der Waals surface area contributed by atoms with Crippen LogP contribution in [0.3, 0.4) is 0 Å². The van der Waals surface area contributed by atoms with Crippen molar-refractivity contribution < 1.29 is 9.53 Å². The van der Waals surface area contributed by atoms with Crippen molar-refractivity contribution in [2.45, 2.75) is 32.7 Å². The number of thiophene rings is 1. The molecule has 1 atom stereocenters. The minimum absolute atomic E-state index is 0.0562. The van der Waals surface area contributed by atoms with E-state index in [2.05, 4.69) is 27.0 Å². The fraction of sp³-hybridized carbons (Fsp3) is 0.450. The van der Waals surface area contributed by atoms with Gasteiger partial charge in [0.15, 0.2) is 6.61 Å². The van der Waals surface area contributed by atoms with Crippen LogP contribution < -0.4 is 10.1 Å². The highest BCUT2D eigenvalue weighted by molar-refractivity contribution is 7.07. The normalized spacial score (nSPS) is 15.9. The monoisotopic (exact) mass is 358 g/mol. The van der Waals surface area contributed by atoms with Crippen LogP contribution in [0.4, 0.5) is 0 Å². The number of nitrogens with one attached hydrogen (secondary N) is 1. The SMILES string of the molecule is Cc1cccc(OCC(=O)NCC(c2ccsc2)N2CCCC2)c1C. The van der Waals surface area contributed by atoms with Gasteiger partial charge in [0.1, 0.15) is 5.75 Å². The lowest BCUT2D eigenvalue weighted by Gasteiger charge is -2.27. The van der Waals surface area contributed by atoms with E-state index in [4.69, 9.17) is 4.74 Å². The Kier molecular flexibility index (Phi) is 6.10. The lowest BCUT2D eigenvalue weighted by Crippen LogP contribution is -2.38. The number of carbonyl (C=O) groups excluding carboxylic acids is 1. The highest BCUT2D eigenvalue weighted by Gasteiger charge is 2.24. The van der Waals surface area contributed by atoms with Crippen molar-refractivity contribution in [2.24, 2.45) is 0 Å². The number of aryl methyl sites for hydroxylation is 1. The minimum Gasteiger partial charge on any atom is -0.483 e. The molecular formula is C20H26N2O2S. The summed E-state index contributed by atoms with van der Waals surface area (Å²) in [5, 5.41) is 7.33. The van der Waals surface area contributed by atoms with Crippen molar-refractivity contribution in [1.29, 1.82) is 0 Å². The third kappa shape index (κ3) is 4.61. The molecule has 1 aliphatic heterocycles. The van der Waals surface area contributed by atoms with Gasteiger partial charge in [-0.2, -0.15) is 11.3 Å². The van der Waals surface area contributed by atoms with E-state index in [-0.39, 0.29) is 18.6 Å². The summed E-state index contributed by atoms with van der Waals surface area (Å²) < 4.78 is 5.70. The third-order valence-electron chi connectivity index (χ3n) is 4.92. The molecule has 4 nitrogen and oxygen atoms in total. The van der Waals surface area contributed by atoms with Gasteiger partial charge in [0.05, 0.1) is 6.04 Å². The molecule has 2 heterocycles. The van der Waals surface area contributed by atoms with Crippen molar-refractivity contribution in [3.63, 3.8) is 0 Å². The van der Waals surface area contributed by atoms with Gasteiger partial charge in [0.25, 0.3) is 5.91 Å².